The van der Waals surface area contributed by atoms with Gasteiger partial charge in [0.1, 0.15) is 11.4 Å². The van der Waals surface area contributed by atoms with Gasteiger partial charge in [0.15, 0.2) is 0 Å². The van der Waals surface area contributed by atoms with Crippen LogP contribution in [0.1, 0.15) is 23.7 Å². The van der Waals surface area contributed by atoms with E-state index in [0.29, 0.717) is 11.9 Å². The molecule has 0 amide bonds. The van der Waals surface area contributed by atoms with E-state index in [1.165, 1.54) is 0 Å². The van der Waals surface area contributed by atoms with Crippen molar-refractivity contribution in [3.63, 3.8) is 0 Å². The van der Waals surface area contributed by atoms with Gasteiger partial charge in [0.2, 0.25) is 0 Å². The predicted octanol–water partition coefficient (Wildman–Crippen LogP) is 2.36. The summed E-state index contributed by atoms with van der Waals surface area (Å²) in [6.07, 6.45) is 4.64. The molecule has 0 saturated heterocycles. The first-order chi connectivity index (χ1) is 8.11. The van der Waals surface area contributed by atoms with Gasteiger partial charge in [-0.25, -0.2) is 9.78 Å². The summed E-state index contributed by atoms with van der Waals surface area (Å²) in [6.45, 7) is 2.10. The molecule has 0 spiro atoms. The molecule has 1 rings (SSSR count). The number of aromatic carboxylic acids is 1. The van der Waals surface area contributed by atoms with Crippen LogP contribution in [0.3, 0.4) is 0 Å². The molecule has 1 atom stereocenters. The highest BCUT2D eigenvalue weighted by molar-refractivity contribution is 7.98. The highest BCUT2D eigenvalue weighted by Crippen LogP contribution is 2.20. The maximum atomic E-state index is 11.1. The van der Waals surface area contributed by atoms with Crippen LogP contribution in [0.4, 0.5) is 5.82 Å². The molecule has 0 radical (unpaired) electrons. The van der Waals surface area contributed by atoms with Crippen LogP contribution in [0, 0.1) is 0 Å². The molecule has 5 heteroatoms. The second kappa shape index (κ2) is 6.49. The standard InChI is InChI=1S/C12H18N2O2S/c1-4-9(8-17-3)14(2)11-10(12(15)16)6-5-7-13-11/h5-7,9H,4,8H2,1-3H3,(H,15,16). The second-order valence-electron chi connectivity index (χ2n) is 3.81. The van der Waals surface area contributed by atoms with Gasteiger partial charge >= 0.3 is 5.97 Å². The van der Waals surface area contributed by atoms with Crippen molar-refractivity contribution in [2.24, 2.45) is 0 Å². The van der Waals surface area contributed by atoms with Crippen molar-refractivity contribution in [2.45, 2.75) is 19.4 Å². The number of carboxylic acids is 1. The Hall–Kier alpha value is -1.23. The lowest BCUT2D eigenvalue weighted by Crippen LogP contribution is -2.34. The Kier molecular flexibility index (Phi) is 5.28. The summed E-state index contributed by atoms with van der Waals surface area (Å²) < 4.78 is 0. The maximum absolute atomic E-state index is 11.1. The lowest BCUT2D eigenvalue weighted by Gasteiger charge is -2.28. The highest BCUT2D eigenvalue weighted by atomic mass is 32.2. The molecule has 1 heterocycles. The number of aromatic nitrogens is 1. The van der Waals surface area contributed by atoms with E-state index in [9.17, 15) is 4.79 Å². The van der Waals surface area contributed by atoms with Crippen molar-refractivity contribution in [3.8, 4) is 0 Å². The van der Waals surface area contributed by atoms with Crippen LogP contribution in [0.25, 0.3) is 0 Å². The zero-order valence-corrected chi connectivity index (χ0v) is 11.2. The van der Waals surface area contributed by atoms with Gasteiger partial charge in [-0.15, -0.1) is 0 Å². The second-order valence-corrected chi connectivity index (χ2v) is 4.72. The van der Waals surface area contributed by atoms with Crippen LogP contribution in [0.15, 0.2) is 18.3 Å². The van der Waals surface area contributed by atoms with E-state index >= 15 is 0 Å². The molecule has 0 aliphatic carbocycles. The smallest absolute Gasteiger partial charge is 0.339 e. The fraction of sp³-hybridized carbons (Fsp3) is 0.500. The Balaban J connectivity index is 3.01. The molecule has 1 unspecified atom stereocenters. The van der Waals surface area contributed by atoms with E-state index in [2.05, 4.69) is 11.9 Å². The maximum Gasteiger partial charge on any atom is 0.339 e. The Morgan fingerprint density at radius 2 is 2.35 bits per heavy atom. The number of anilines is 1. The van der Waals surface area contributed by atoms with Crippen molar-refractivity contribution in [2.75, 3.05) is 24.0 Å². The number of hydrogen-bond donors (Lipinski definition) is 1. The lowest BCUT2D eigenvalue weighted by atomic mass is 10.2. The van der Waals surface area contributed by atoms with Gasteiger partial charge in [-0.05, 0) is 24.8 Å². The number of thioether (sulfide) groups is 1. The number of hydrogen-bond acceptors (Lipinski definition) is 4. The van der Waals surface area contributed by atoms with E-state index in [1.807, 2.05) is 18.2 Å². The van der Waals surface area contributed by atoms with Gasteiger partial charge in [-0.3, -0.25) is 0 Å². The largest absolute Gasteiger partial charge is 0.478 e. The quantitative estimate of drug-likeness (QED) is 0.844. The first-order valence-corrected chi connectivity index (χ1v) is 6.91. The number of nitrogens with zero attached hydrogens (tertiary/aromatic N) is 2. The molecule has 94 valence electrons. The monoisotopic (exact) mass is 254 g/mol. The summed E-state index contributed by atoms with van der Waals surface area (Å²) in [5.41, 5.74) is 0.259. The minimum atomic E-state index is -0.932. The molecule has 0 aliphatic rings. The number of rotatable bonds is 6. The summed E-state index contributed by atoms with van der Waals surface area (Å²) in [5, 5.41) is 9.13. The fourth-order valence-electron chi connectivity index (χ4n) is 1.71. The molecule has 1 aromatic rings. The van der Waals surface area contributed by atoms with Crippen molar-refractivity contribution in [3.05, 3.63) is 23.9 Å². The van der Waals surface area contributed by atoms with E-state index in [1.54, 1.807) is 30.1 Å². The van der Waals surface area contributed by atoms with Crippen molar-refractivity contribution in [1.29, 1.82) is 0 Å². The van der Waals surface area contributed by atoms with E-state index < -0.39 is 5.97 Å². The molecule has 0 fully saturated rings. The molecule has 0 aromatic carbocycles. The van der Waals surface area contributed by atoms with Crippen LogP contribution >= 0.6 is 11.8 Å². The SMILES string of the molecule is CCC(CSC)N(C)c1ncccc1C(=O)O. The van der Waals surface area contributed by atoms with Crippen LogP contribution in [0.2, 0.25) is 0 Å². The predicted molar refractivity (Wildman–Crippen MR) is 72.1 cm³/mol. The molecule has 0 aliphatic heterocycles. The molecule has 1 aromatic heterocycles. The molecule has 0 saturated carbocycles. The minimum Gasteiger partial charge on any atom is -0.478 e. The first kappa shape index (κ1) is 13.8. The van der Waals surface area contributed by atoms with Crippen LogP contribution in [0.5, 0.6) is 0 Å². The van der Waals surface area contributed by atoms with Crippen molar-refractivity contribution in [1.82, 2.24) is 4.98 Å². The van der Waals surface area contributed by atoms with E-state index in [4.69, 9.17) is 5.11 Å². The normalized spacial score (nSPS) is 12.2. The Morgan fingerprint density at radius 3 is 2.88 bits per heavy atom. The summed E-state index contributed by atoms with van der Waals surface area (Å²) in [7, 11) is 1.90. The number of carboxylic acid groups (broad SMARTS) is 1. The average Bonchev–Trinajstić information content (AvgIpc) is 2.35. The third-order valence-corrected chi connectivity index (χ3v) is 3.45. The fourth-order valence-corrected chi connectivity index (χ4v) is 2.56. The number of pyridine rings is 1. The van der Waals surface area contributed by atoms with Gasteiger partial charge in [0.05, 0.1) is 0 Å². The van der Waals surface area contributed by atoms with Crippen molar-refractivity contribution < 1.29 is 9.90 Å². The molecular weight excluding hydrogens is 236 g/mol. The summed E-state index contributed by atoms with van der Waals surface area (Å²) >= 11 is 1.75. The van der Waals surface area contributed by atoms with E-state index in [-0.39, 0.29) is 5.56 Å². The van der Waals surface area contributed by atoms with Crippen LogP contribution < -0.4 is 4.90 Å². The van der Waals surface area contributed by atoms with Gasteiger partial charge < -0.3 is 10.0 Å². The van der Waals surface area contributed by atoms with Gasteiger partial charge in [-0.2, -0.15) is 11.8 Å². The highest BCUT2D eigenvalue weighted by Gasteiger charge is 2.19. The minimum absolute atomic E-state index is 0.259. The Labute approximate surface area is 106 Å². The lowest BCUT2D eigenvalue weighted by molar-refractivity contribution is 0.0697. The molecule has 1 N–H and O–H groups in total. The zero-order chi connectivity index (χ0) is 12.8. The summed E-state index contributed by atoms with van der Waals surface area (Å²) in [4.78, 5) is 17.3. The third kappa shape index (κ3) is 3.36. The first-order valence-electron chi connectivity index (χ1n) is 5.51. The van der Waals surface area contributed by atoms with Crippen molar-refractivity contribution >= 4 is 23.5 Å². The van der Waals surface area contributed by atoms with E-state index in [0.717, 1.165) is 12.2 Å². The average molecular weight is 254 g/mol. The van der Waals surface area contributed by atoms with Crippen LogP contribution in [-0.2, 0) is 0 Å². The molecule has 0 bridgehead atoms. The van der Waals surface area contributed by atoms with Crippen LogP contribution in [-0.4, -0.2) is 41.2 Å². The Bertz CT molecular complexity index is 385. The Morgan fingerprint density at radius 1 is 1.65 bits per heavy atom. The van der Waals surface area contributed by atoms with Gasteiger partial charge in [0, 0.05) is 25.0 Å². The van der Waals surface area contributed by atoms with Gasteiger partial charge in [-0.1, -0.05) is 6.92 Å². The summed E-state index contributed by atoms with van der Waals surface area (Å²) in [6, 6.07) is 3.54. The molecule has 17 heavy (non-hydrogen) atoms. The third-order valence-electron chi connectivity index (χ3n) is 2.73. The summed E-state index contributed by atoms with van der Waals surface area (Å²) in [5.74, 6) is 0.572. The van der Waals surface area contributed by atoms with Gasteiger partial charge in [0.25, 0.3) is 0 Å². The molecular formula is C12H18N2O2S. The number of carbonyl (C=O) groups is 1. The topological polar surface area (TPSA) is 53.4 Å². The molecule has 4 nitrogen and oxygen atoms in total. The zero-order valence-electron chi connectivity index (χ0n) is 10.4.